The molecule has 0 saturated carbocycles. The lowest BCUT2D eigenvalue weighted by molar-refractivity contribution is -0.964. The first kappa shape index (κ1) is 24.1. The normalized spacial score (nSPS) is 13.9. The van der Waals surface area contributed by atoms with Crippen molar-refractivity contribution in [2.75, 3.05) is 38.0 Å². The van der Waals surface area contributed by atoms with E-state index in [2.05, 4.69) is 10.6 Å². The SMILES string of the molecule is CCOCC(CC)Nc1c(Nc2ccc(Cl)c(S(=O)(=O)[NH+](C)OC)c2O)c(=O)c1=O. The van der Waals surface area contributed by atoms with E-state index in [0.717, 1.165) is 0 Å². The molecule has 4 N–H and O–H groups in total. The number of hydrogen-bond donors (Lipinski definition) is 4. The number of ether oxygens (including phenoxy) is 1. The quantitative estimate of drug-likeness (QED) is 0.212. The topological polar surface area (TPSA) is 135 Å². The summed E-state index contributed by atoms with van der Waals surface area (Å²) in [6, 6.07) is 2.35. The Hall–Kier alpha value is -2.18. The lowest BCUT2D eigenvalue weighted by Gasteiger charge is -2.22. The van der Waals surface area contributed by atoms with Crippen molar-refractivity contribution in [2.45, 2.75) is 31.2 Å². The van der Waals surface area contributed by atoms with Gasteiger partial charge in [0, 0.05) is 12.6 Å². The van der Waals surface area contributed by atoms with Gasteiger partial charge in [-0.15, -0.1) is 0 Å². The molecule has 0 aliphatic rings. The van der Waals surface area contributed by atoms with Crippen molar-refractivity contribution in [2.24, 2.45) is 0 Å². The van der Waals surface area contributed by atoms with E-state index in [1.165, 1.54) is 26.3 Å². The Morgan fingerprint density at radius 3 is 2.40 bits per heavy atom. The van der Waals surface area contributed by atoms with E-state index in [0.29, 0.717) is 19.6 Å². The average Bonchev–Trinajstić information content (AvgIpc) is 2.72. The van der Waals surface area contributed by atoms with Crippen molar-refractivity contribution in [3.05, 3.63) is 37.6 Å². The average molecular weight is 463 g/mol. The minimum atomic E-state index is -4.20. The van der Waals surface area contributed by atoms with Gasteiger partial charge in [-0.05, 0) is 25.5 Å². The number of rotatable bonds is 11. The van der Waals surface area contributed by atoms with Crippen molar-refractivity contribution in [3.8, 4) is 5.75 Å². The van der Waals surface area contributed by atoms with Crippen LogP contribution in [-0.4, -0.2) is 46.9 Å². The summed E-state index contributed by atoms with van der Waals surface area (Å²) in [6.45, 7) is 4.58. The van der Waals surface area contributed by atoms with Gasteiger partial charge in [0.1, 0.15) is 18.4 Å². The number of sulfonamides is 1. The predicted molar refractivity (Wildman–Crippen MR) is 113 cm³/mol. The fourth-order valence-corrected chi connectivity index (χ4v) is 4.32. The van der Waals surface area contributed by atoms with E-state index in [1.54, 1.807) is 0 Å². The van der Waals surface area contributed by atoms with Gasteiger partial charge in [0.15, 0.2) is 10.6 Å². The van der Waals surface area contributed by atoms with Gasteiger partial charge >= 0.3 is 10.0 Å². The van der Waals surface area contributed by atoms with Gasteiger partial charge in [0.2, 0.25) is 0 Å². The highest BCUT2D eigenvalue weighted by Crippen LogP contribution is 2.38. The molecule has 0 aromatic heterocycles. The number of phenols is 1. The third-order valence-electron chi connectivity index (χ3n) is 4.55. The molecular weight excluding hydrogens is 438 g/mol. The van der Waals surface area contributed by atoms with Gasteiger partial charge < -0.3 is 20.5 Å². The monoisotopic (exact) mass is 462 g/mol. The highest BCUT2D eigenvalue weighted by Gasteiger charge is 2.34. The van der Waals surface area contributed by atoms with Crippen LogP contribution in [0.4, 0.5) is 17.1 Å². The van der Waals surface area contributed by atoms with E-state index in [1.807, 2.05) is 13.8 Å². The summed E-state index contributed by atoms with van der Waals surface area (Å²) in [5, 5.41) is 15.9. The molecule has 0 amide bonds. The number of hydrogen-bond acceptors (Lipinski definition) is 9. The number of anilines is 3. The number of hydroxylamine groups is 1. The molecule has 0 bridgehead atoms. The lowest BCUT2D eigenvalue weighted by atomic mass is 10.1. The van der Waals surface area contributed by atoms with Crippen LogP contribution < -0.4 is 26.0 Å². The fourth-order valence-electron chi connectivity index (χ4n) is 2.67. The lowest BCUT2D eigenvalue weighted by Crippen LogP contribution is -3.09. The fraction of sp³-hybridized carbons (Fsp3) is 0.444. The number of aromatic hydroxyl groups is 1. The first-order valence-corrected chi connectivity index (χ1v) is 11.0. The molecule has 0 heterocycles. The molecule has 2 atom stereocenters. The largest absolute Gasteiger partial charge is 0.504 e. The van der Waals surface area contributed by atoms with Crippen LogP contribution in [0, 0.1) is 0 Å². The van der Waals surface area contributed by atoms with Crippen molar-refractivity contribution >= 4 is 38.7 Å². The highest BCUT2D eigenvalue weighted by atomic mass is 35.5. The zero-order valence-electron chi connectivity index (χ0n) is 17.0. The Morgan fingerprint density at radius 1 is 1.20 bits per heavy atom. The Morgan fingerprint density at radius 2 is 1.83 bits per heavy atom. The van der Waals surface area contributed by atoms with E-state index in [4.69, 9.17) is 21.2 Å². The molecule has 2 aromatic rings. The molecule has 0 fully saturated rings. The summed E-state index contributed by atoms with van der Waals surface area (Å²) in [6.07, 6.45) is 0.638. The zero-order valence-corrected chi connectivity index (χ0v) is 18.6. The molecule has 0 aliphatic heterocycles. The molecule has 0 aliphatic carbocycles. The number of halogens is 1. The van der Waals surface area contributed by atoms with Crippen LogP contribution in [0.25, 0.3) is 0 Å². The molecule has 30 heavy (non-hydrogen) atoms. The Labute approximate surface area is 179 Å². The first-order valence-electron chi connectivity index (χ1n) is 9.18. The van der Waals surface area contributed by atoms with E-state index >= 15 is 0 Å². The molecule has 0 spiro atoms. The molecule has 2 unspecified atom stereocenters. The van der Waals surface area contributed by atoms with E-state index in [9.17, 15) is 23.1 Å². The molecule has 0 saturated heterocycles. The predicted octanol–water partition coefficient (Wildman–Crippen LogP) is 0.377. The highest BCUT2D eigenvalue weighted by molar-refractivity contribution is 7.85. The van der Waals surface area contributed by atoms with Gasteiger partial charge in [-0.1, -0.05) is 23.0 Å². The van der Waals surface area contributed by atoms with Gasteiger partial charge in [0.25, 0.3) is 10.9 Å². The Kier molecular flexibility index (Phi) is 7.83. The van der Waals surface area contributed by atoms with Crippen molar-refractivity contribution in [1.29, 1.82) is 0 Å². The third-order valence-corrected chi connectivity index (χ3v) is 6.85. The van der Waals surface area contributed by atoms with Crippen LogP contribution in [0.2, 0.25) is 5.02 Å². The summed E-state index contributed by atoms with van der Waals surface area (Å²) in [4.78, 5) is 28.3. The Balaban J connectivity index is 2.41. The summed E-state index contributed by atoms with van der Waals surface area (Å²) < 4.78 is 30.2. The minimum Gasteiger partial charge on any atom is -0.504 e. The van der Waals surface area contributed by atoms with Crippen LogP contribution in [0.1, 0.15) is 20.3 Å². The molecular formula is C18H25ClN3O7S+. The molecule has 0 radical (unpaired) electrons. The second-order valence-electron chi connectivity index (χ2n) is 6.41. The molecule has 166 valence electrons. The maximum atomic E-state index is 12.6. The van der Waals surface area contributed by atoms with Crippen LogP contribution in [0.5, 0.6) is 5.75 Å². The summed E-state index contributed by atoms with van der Waals surface area (Å²) in [5.41, 5.74) is -1.64. The van der Waals surface area contributed by atoms with Crippen LogP contribution in [0.3, 0.4) is 0 Å². The first-order chi connectivity index (χ1) is 14.1. The summed E-state index contributed by atoms with van der Waals surface area (Å²) >= 11 is 5.99. The zero-order chi connectivity index (χ0) is 22.6. The maximum Gasteiger partial charge on any atom is 0.360 e. The van der Waals surface area contributed by atoms with Gasteiger partial charge in [-0.2, -0.15) is 13.3 Å². The number of phenolic OH excluding ortho intramolecular Hbond substituents is 1. The van der Waals surface area contributed by atoms with Gasteiger partial charge in [-0.3, -0.25) is 9.59 Å². The number of quaternary nitrogens is 1. The number of benzene rings is 1. The van der Waals surface area contributed by atoms with Crippen molar-refractivity contribution < 1.29 is 27.6 Å². The Bertz CT molecular complexity index is 1080. The number of nitrogens with one attached hydrogen (secondary N) is 3. The van der Waals surface area contributed by atoms with Crippen molar-refractivity contribution in [3.63, 3.8) is 0 Å². The van der Waals surface area contributed by atoms with E-state index < -0.39 is 31.5 Å². The van der Waals surface area contributed by atoms with Crippen LogP contribution in [0.15, 0.2) is 26.6 Å². The maximum absolute atomic E-state index is 12.6. The van der Waals surface area contributed by atoms with E-state index in [-0.39, 0.29) is 32.6 Å². The molecule has 2 aromatic carbocycles. The van der Waals surface area contributed by atoms with Gasteiger partial charge in [0.05, 0.1) is 24.4 Å². The second kappa shape index (κ2) is 9.75. The van der Waals surface area contributed by atoms with Crippen molar-refractivity contribution in [1.82, 2.24) is 0 Å². The molecule has 12 heteroatoms. The van der Waals surface area contributed by atoms with Gasteiger partial charge in [-0.25, -0.2) is 0 Å². The summed E-state index contributed by atoms with van der Waals surface area (Å²) in [7, 11) is -1.81. The third kappa shape index (κ3) is 4.60. The minimum absolute atomic E-state index is 0.0462. The second-order valence-corrected chi connectivity index (χ2v) is 8.81. The summed E-state index contributed by atoms with van der Waals surface area (Å²) in [5.74, 6) is -0.695. The smallest absolute Gasteiger partial charge is 0.360 e. The van der Waals surface area contributed by atoms with Crippen LogP contribution >= 0.6 is 11.6 Å². The van der Waals surface area contributed by atoms with Crippen LogP contribution in [-0.2, 0) is 19.6 Å². The standard InChI is InChI=1S/C18H24ClN3O7S/c1-5-10(9-29-6-2)20-13-14(17(25)16(13)24)21-12-8-7-11(19)18(15(12)23)30(26,27)22(3)28-4/h7-8,10,20-21,23H,5-6,9H2,1-4H3/p+1. The molecule has 2 rings (SSSR count). The molecule has 10 nitrogen and oxygen atoms in total.